The molecule has 0 saturated heterocycles. The molecule has 0 aromatic heterocycles. The van der Waals surface area contributed by atoms with Crippen LogP contribution in [0.5, 0.6) is 0 Å². The van der Waals surface area contributed by atoms with Crippen LogP contribution in [0.4, 0.5) is 4.79 Å². The normalized spacial score (nSPS) is 10.5. The number of nitrogens with two attached hydrogens (primary N) is 1. The van der Waals surface area contributed by atoms with Gasteiger partial charge in [0, 0.05) is 12.0 Å². The Balaban J connectivity index is 0. The zero-order valence-electron chi connectivity index (χ0n) is 9.86. The molecule has 94 valence electrons. The van der Waals surface area contributed by atoms with Crippen LogP contribution in [0.1, 0.15) is 27.2 Å². The summed E-state index contributed by atoms with van der Waals surface area (Å²) in [5.41, 5.74) is 4.84. The van der Waals surface area contributed by atoms with Crippen LogP contribution in [0.25, 0.3) is 0 Å². The number of esters is 1. The first-order valence-corrected chi connectivity index (χ1v) is 4.81. The third-order valence-corrected chi connectivity index (χ3v) is 1.23. The van der Waals surface area contributed by atoms with Crippen molar-refractivity contribution in [2.75, 3.05) is 6.61 Å². The van der Waals surface area contributed by atoms with Gasteiger partial charge in [0.05, 0.1) is 6.61 Å². The van der Waals surface area contributed by atoms with E-state index in [1.807, 2.05) is 0 Å². The van der Waals surface area contributed by atoms with Crippen molar-refractivity contribution < 1.29 is 24.2 Å². The molecule has 3 N–H and O–H groups in total. The molecule has 0 aromatic carbocycles. The van der Waals surface area contributed by atoms with Gasteiger partial charge in [-0.3, -0.25) is 0 Å². The third-order valence-electron chi connectivity index (χ3n) is 1.23. The first-order valence-electron chi connectivity index (χ1n) is 4.81. The summed E-state index contributed by atoms with van der Waals surface area (Å²) in [6.07, 6.45) is -1.30. The van der Waals surface area contributed by atoms with E-state index in [1.165, 1.54) is 6.92 Å². The molecule has 6 nitrogen and oxygen atoms in total. The molecule has 6 heteroatoms. The second-order valence-corrected chi connectivity index (χ2v) is 2.80. The minimum atomic E-state index is -0.996. The average molecular weight is 233 g/mol. The lowest BCUT2D eigenvalue weighted by molar-refractivity contribution is -0.162. The average Bonchev–Trinajstić information content (AvgIpc) is 2.18. The van der Waals surface area contributed by atoms with Crippen molar-refractivity contribution in [3.05, 3.63) is 12.2 Å². The van der Waals surface area contributed by atoms with Crippen LogP contribution < -0.4 is 5.73 Å². The van der Waals surface area contributed by atoms with E-state index < -0.39 is 18.4 Å². The zero-order chi connectivity index (χ0) is 13.1. The minimum absolute atomic E-state index is 0.299. The Bertz CT molecular complexity index is 239. The maximum absolute atomic E-state index is 10.6. The number of primary amides is 1. The molecule has 0 fully saturated rings. The fourth-order valence-corrected chi connectivity index (χ4v) is 0.450. The summed E-state index contributed by atoms with van der Waals surface area (Å²) in [4.78, 5) is 20.2. The number of carbonyl (C=O) groups is 2. The third kappa shape index (κ3) is 12.4. The van der Waals surface area contributed by atoms with E-state index in [4.69, 9.17) is 5.11 Å². The number of aliphatic hydroxyl groups is 1. The number of hydrogen-bond donors (Lipinski definition) is 2. The molecule has 0 aliphatic carbocycles. The maximum Gasteiger partial charge on any atom is 0.404 e. The molecule has 0 rings (SSSR count). The fourth-order valence-electron chi connectivity index (χ4n) is 0.450. The van der Waals surface area contributed by atoms with Crippen LogP contribution in [0.15, 0.2) is 12.2 Å². The summed E-state index contributed by atoms with van der Waals surface area (Å²) < 4.78 is 8.66. The predicted octanol–water partition coefficient (Wildman–Crippen LogP) is 0.936. The standard InChI is InChI=1S/C7H12O3.C3H7NO2/c1-4-6(8)10-7(9)5(2)3;1-2-6-3(4)5/h6,8H,2,4H2,1,3H3;2H2,1H3,(H2,4,5). The van der Waals surface area contributed by atoms with Crippen molar-refractivity contribution in [2.24, 2.45) is 5.73 Å². The van der Waals surface area contributed by atoms with E-state index in [-0.39, 0.29) is 0 Å². The van der Waals surface area contributed by atoms with Crippen molar-refractivity contribution in [2.45, 2.75) is 33.5 Å². The molecule has 16 heavy (non-hydrogen) atoms. The molecule has 1 atom stereocenters. The Morgan fingerprint density at radius 2 is 1.94 bits per heavy atom. The van der Waals surface area contributed by atoms with Crippen LogP contribution in [0, 0.1) is 0 Å². The first-order chi connectivity index (χ1) is 7.34. The van der Waals surface area contributed by atoms with Gasteiger partial charge in [0.15, 0.2) is 0 Å². The van der Waals surface area contributed by atoms with Crippen molar-refractivity contribution in [3.63, 3.8) is 0 Å². The van der Waals surface area contributed by atoms with E-state index in [9.17, 15) is 9.59 Å². The van der Waals surface area contributed by atoms with Crippen LogP contribution in [0.2, 0.25) is 0 Å². The number of aliphatic hydroxyl groups excluding tert-OH is 1. The van der Waals surface area contributed by atoms with Gasteiger partial charge in [0.2, 0.25) is 6.29 Å². The van der Waals surface area contributed by atoms with Crippen molar-refractivity contribution >= 4 is 12.1 Å². The van der Waals surface area contributed by atoms with Gasteiger partial charge >= 0.3 is 12.1 Å². The SMILES string of the molecule is C=C(C)C(=O)OC(O)CC.CCOC(N)=O. The lowest BCUT2D eigenvalue weighted by atomic mass is 10.3. The minimum Gasteiger partial charge on any atom is -0.450 e. The summed E-state index contributed by atoms with van der Waals surface area (Å²) in [5, 5.41) is 8.79. The Kier molecular flexibility index (Phi) is 10.5. The first kappa shape index (κ1) is 16.9. The van der Waals surface area contributed by atoms with Gasteiger partial charge in [-0.2, -0.15) is 0 Å². The van der Waals surface area contributed by atoms with Gasteiger partial charge in [0.25, 0.3) is 0 Å². The number of carbonyl (C=O) groups excluding carboxylic acids is 2. The summed E-state index contributed by atoms with van der Waals surface area (Å²) >= 11 is 0. The van der Waals surface area contributed by atoms with E-state index in [0.29, 0.717) is 18.6 Å². The van der Waals surface area contributed by atoms with Crippen LogP contribution >= 0.6 is 0 Å². The zero-order valence-corrected chi connectivity index (χ0v) is 9.86. The molecule has 0 radical (unpaired) electrons. The number of rotatable bonds is 4. The van der Waals surface area contributed by atoms with E-state index in [1.54, 1.807) is 13.8 Å². The highest BCUT2D eigenvalue weighted by Crippen LogP contribution is 1.98. The second kappa shape index (κ2) is 9.97. The van der Waals surface area contributed by atoms with Gasteiger partial charge in [-0.25, -0.2) is 9.59 Å². The van der Waals surface area contributed by atoms with Gasteiger partial charge < -0.3 is 20.3 Å². The molecule has 1 amide bonds. The lowest BCUT2D eigenvalue weighted by Gasteiger charge is -2.08. The highest BCUT2D eigenvalue weighted by atomic mass is 16.6. The Hall–Kier alpha value is -1.56. The number of amides is 1. The van der Waals surface area contributed by atoms with Crippen LogP contribution in [-0.2, 0) is 14.3 Å². The van der Waals surface area contributed by atoms with Crippen LogP contribution in [-0.4, -0.2) is 30.1 Å². The van der Waals surface area contributed by atoms with Crippen LogP contribution in [0.3, 0.4) is 0 Å². The van der Waals surface area contributed by atoms with E-state index in [2.05, 4.69) is 21.8 Å². The van der Waals surface area contributed by atoms with Crippen molar-refractivity contribution in [1.82, 2.24) is 0 Å². The number of hydrogen-bond acceptors (Lipinski definition) is 5. The molecular weight excluding hydrogens is 214 g/mol. The molecule has 0 aliphatic heterocycles. The predicted molar refractivity (Wildman–Crippen MR) is 58.4 cm³/mol. The molecular formula is C10H19NO5. The quantitative estimate of drug-likeness (QED) is 0.427. The molecule has 1 unspecified atom stereocenters. The molecule has 0 saturated carbocycles. The van der Waals surface area contributed by atoms with Gasteiger partial charge in [-0.15, -0.1) is 0 Å². The fraction of sp³-hybridized carbons (Fsp3) is 0.600. The monoisotopic (exact) mass is 233 g/mol. The smallest absolute Gasteiger partial charge is 0.404 e. The highest BCUT2D eigenvalue weighted by Gasteiger charge is 2.08. The van der Waals surface area contributed by atoms with Gasteiger partial charge in [-0.05, 0) is 13.8 Å². The summed E-state index contributed by atoms with van der Waals surface area (Å²) in [5.74, 6) is -0.547. The van der Waals surface area contributed by atoms with E-state index in [0.717, 1.165) is 0 Å². The summed E-state index contributed by atoms with van der Waals surface area (Å²) in [7, 11) is 0. The second-order valence-electron chi connectivity index (χ2n) is 2.80. The summed E-state index contributed by atoms with van der Waals surface area (Å²) in [6, 6.07) is 0. The molecule has 0 aliphatic rings. The van der Waals surface area contributed by atoms with Gasteiger partial charge in [-0.1, -0.05) is 13.5 Å². The molecule has 0 bridgehead atoms. The summed E-state index contributed by atoms with van der Waals surface area (Å²) in [6.45, 7) is 8.66. The van der Waals surface area contributed by atoms with Gasteiger partial charge in [0.1, 0.15) is 0 Å². The molecule has 0 aromatic rings. The Morgan fingerprint density at radius 1 is 1.44 bits per heavy atom. The number of ether oxygens (including phenoxy) is 2. The topological polar surface area (TPSA) is 98.8 Å². The van der Waals surface area contributed by atoms with Crippen molar-refractivity contribution in [3.8, 4) is 0 Å². The highest BCUT2D eigenvalue weighted by molar-refractivity contribution is 5.86. The molecule has 0 spiro atoms. The lowest BCUT2D eigenvalue weighted by Crippen LogP contribution is -2.16. The Labute approximate surface area is 95.0 Å². The van der Waals surface area contributed by atoms with Crippen molar-refractivity contribution in [1.29, 1.82) is 0 Å². The van der Waals surface area contributed by atoms with E-state index >= 15 is 0 Å². The maximum atomic E-state index is 10.6. The largest absolute Gasteiger partial charge is 0.450 e. The Morgan fingerprint density at radius 3 is 2.12 bits per heavy atom. The molecule has 0 heterocycles.